The van der Waals surface area contributed by atoms with E-state index in [-0.39, 0.29) is 12.0 Å². The highest BCUT2D eigenvalue weighted by Crippen LogP contribution is 2.25. The third kappa shape index (κ3) is 3.35. The maximum absolute atomic E-state index is 9.63. The van der Waals surface area contributed by atoms with Gasteiger partial charge in [0.25, 0.3) is 0 Å². The highest BCUT2D eigenvalue weighted by Gasteiger charge is 2.24. The Bertz CT molecular complexity index is 425. The summed E-state index contributed by atoms with van der Waals surface area (Å²) in [6.07, 6.45) is 1.78. The Morgan fingerprint density at radius 3 is 2.42 bits per heavy atom. The lowest BCUT2D eigenvalue weighted by molar-refractivity contribution is 0.110. The molecule has 1 aromatic rings. The minimum absolute atomic E-state index is 0.219. The summed E-state index contributed by atoms with van der Waals surface area (Å²) in [5, 5.41) is 9.63. The first kappa shape index (κ1) is 14.1. The Morgan fingerprint density at radius 2 is 1.89 bits per heavy atom. The predicted octanol–water partition coefficient (Wildman–Crippen LogP) is 1.78. The van der Waals surface area contributed by atoms with E-state index in [9.17, 15) is 5.11 Å². The van der Waals surface area contributed by atoms with Gasteiger partial charge in [-0.05, 0) is 25.7 Å². The van der Waals surface area contributed by atoms with Crippen LogP contribution in [0.4, 0.5) is 11.6 Å². The Kier molecular flexibility index (Phi) is 4.24. The first-order valence-corrected chi connectivity index (χ1v) is 7.05. The topological polar surface area (TPSA) is 75.3 Å². The lowest BCUT2D eigenvalue weighted by Crippen LogP contribution is -2.37. The van der Waals surface area contributed by atoms with Gasteiger partial charge in [-0.1, -0.05) is 13.8 Å². The number of aliphatic hydroxyl groups excluding tert-OH is 1. The van der Waals surface area contributed by atoms with Crippen molar-refractivity contribution < 1.29 is 5.11 Å². The molecule has 0 saturated carbocycles. The van der Waals surface area contributed by atoms with E-state index in [1.165, 1.54) is 0 Å². The number of nitrogen functional groups attached to an aromatic ring is 1. The Morgan fingerprint density at radius 1 is 1.26 bits per heavy atom. The third-order valence-electron chi connectivity index (χ3n) is 3.81. The number of aromatic nitrogens is 2. The minimum Gasteiger partial charge on any atom is -0.393 e. The Labute approximate surface area is 114 Å². The summed E-state index contributed by atoms with van der Waals surface area (Å²) in [6.45, 7) is 7.85. The van der Waals surface area contributed by atoms with Crippen molar-refractivity contribution in [3.8, 4) is 0 Å². The van der Waals surface area contributed by atoms with Crippen LogP contribution < -0.4 is 10.6 Å². The Hall–Kier alpha value is -1.36. The summed E-state index contributed by atoms with van der Waals surface area (Å²) in [5.74, 6) is 2.93. The normalized spacial score (nSPS) is 18.9. The molecule has 19 heavy (non-hydrogen) atoms. The molecule has 0 amide bonds. The molecule has 3 N–H and O–H groups in total. The van der Waals surface area contributed by atoms with E-state index in [1.54, 1.807) is 0 Å². The molecule has 1 aliphatic heterocycles. The van der Waals surface area contributed by atoms with E-state index in [2.05, 4.69) is 28.7 Å². The second kappa shape index (κ2) is 5.74. The molecule has 0 radical (unpaired) electrons. The molecular formula is C14H24N4O. The molecule has 0 aliphatic carbocycles. The molecular weight excluding hydrogens is 240 g/mol. The average Bonchev–Trinajstić information content (AvgIpc) is 2.38. The van der Waals surface area contributed by atoms with Crippen LogP contribution >= 0.6 is 0 Å². The van der Waals surface area contributed by atoms with Gasteiger partial charge >= 0.3 is 0 Å². The van der Waals surface area contributed by atoms with Crippen molar-refractivity contribution in [2.75, 3.05) is 23.7 Å². The second-order valence-corrected chi connectivity index (χ2v) is 5.73. The monoisotopic (exact) mass is 264 g/mol. The van der Waals surface area contributed by atoms with E-state index >= 15 is 0 Å². The fraction of sp³-hybridized carbons (Fsp3) is 0.714. The van der Waals surface area contributed by atoms with Gasteiger partial charge in [-0.25, -0.2) is 9.97 Å². The molecule has 2 rings (SSSR count). The van der Waals surface area contributed by atoms with Gasteiger partial charge in [-0.3, -0.25) is 0 Å². The zero-order valence-corrected chi connectivity index (χ0v) is 12.0. The van der Waals surface area contributed by atoms with Gasteiger partial charge in [0.1, 0.15) is 17.5 Å². The van der Waals surface area contributed by atoms with Crippen molar-refractivity contribution in [1.82, 2.24) is 9.97 Å². The van der Waals surface area contributed by atoms with E-state index in [0.717, 1.165) is 37.6 Å². The molecule has 0 spiro atoms. The molecule has 1 unspecified atom stereocenters. The SMILES string of the molecule is CC(C)c1nc(N)cc(N2CCC(C(C)O)CC2)n1. The van der Waals surface area contributed by atoms with Crippen LogP contribution in [0.3, 0.4) is 0 Å². The highest BCUT2D eigenvalue weighted by atomic mass is 16.3. The van der Waals surface area contributed by atoms with Gasteiger partial charge in [0.05, 0.1) is 6.10 Å². The van der Waals surface area contributed by atoms with Crippen LogP contribution in [0.1, 0.15) is 45.4 Å². The summed E-state index contributed by atoms with van der Waals surface area (Å²) in [4.78, 5) is 11.1. The number of nitrogens with zero attached hydrogens (tertiary/aromatic N) is 3. The quantitative estimate of drug-likeness (QED) is 0.870. The molecule has 0 bridgehead atoms. The summed E-state index contributed by atoms with van der Waals surface area (Å²) >= 11 is 0. The fourth-order valence-corrected chi connectivity index (χ4v) is 2.50. The van der Waals surface area contributed by atoms with E-state index in [0.29, 0.717) is 11.7 Å². The number of piperidine rings is 1. The van der Waals surface area contributed by atoms with E-state index < -0.39 is 0 Å². The average molecular weight is 264 g/mol. The van der Waals surface area contributed by atoms with Crippen molar-refractivity contribution in [2.45, 2.75) is 45.6 Å². The Balaban J connectivity index is 2.11. The summed E-state index contributed by atoms with van der Waals surface area (Å²) in [7, 11) is 0. The molecule has 1 aromatic heterocycles. The maximum Gasteiger partial charge on any atom is 0.135 e. The number of aliphatic hydroxyl groups is 1. The van der Waals surface area contributed by atoms with Crippen molar-refractivity contribution in [3.63, 3.8) is 0 Å². The van der Waals surface area contributed by atoms with Crippen LogP contribution in [0, 0.1) is 5.92 Å². The maximum atomic E-state index is 9.63. The van der Waals surface area contributed by atoms with E-state index in [1.807, 2.05) is 13.0 Å². The van der Waals surface area contributed by atoms with Gasteiger partial charge in [0.2, 0.25) is 0 Å². The molecule has 2 heterocycles. The summed E-state index contributed by atoms with van der Waals surface area (Å²) in [6, 6.07) is 1.84. The van der Waals surface area contributed by atoms with Crippen molar-refractivity contribution in [3.05, 3.63) is 11.9 Å². The van der Waals surface area contributed by atoms with Crippen molar-refractivity contribution in [2.24, 2.45) is 5.92 Å². The van der Waals surface area contributed by atoms with Gasteiger partial charge in [-0.15, -0.1) is 0 Å². The van der Waals surface area contributed by atoms with Crippen LogP contribution in [0.2, 0.25) is 0 Å². The zero-order valence-electron chi connectivity index (χ0n) is 12.0. The van der Waals surface area contributed by atoms with Gasteiger partial charge in [-0.2, -0.15) is 0 Å². The van der Waals surface area contributed by atoms with Crippen molar-refractivity contribution >= 4 is 11.6 Å². The molecule has 1 fully saturated rings. The number of rotatable bonds is 3. The van der Waals surface area contributed by atoms with Gasteiger partial charge < -0.3 is 15.7 Å². The molecule has 1 aliphatic rings. The standard InChI is InChI=1S/C14H24N4O/c1-9(2)14-16-12(15)8-13(17-14)18-6-4-11(5-7-18)10(3)19/h8-11,19H,4-7H2,1-3H3,(H2,15,16,17). The minimum atomic E-state index is -0.219. The van der Waals surface area contributed by atoms with Gasteiger partial charge in [0, 0.05) is 25.1 Å². The molecule has 5 heteroatoms. The third-order valence-corrected chi connectivity index (χ3v) is 3.81. The van der Waals surface area contributed by atoms with Crippen LogP contribution in [0.15, 0.2) is 6.07 Å². The zero-order chi connectivity index (χ0) is 14.0. The predicted molar refractivity (Wildman–Crippen MR) is 77.2 cm³/mol. The highest BCUT2D eigenvalue weighted by molar-refractivity contribution is 5.47. The van der Waals surface area contributed by atoms with Crippen LogP contribution in [0.5, 0.6) is 0 Å². The number of anilines is 2. The van der Waals surface area contributed by atoms with E-state index in [4.69, 9.17) is 5.73 Å². The number of hydrogen-bond acceptors (Lipinski definition) is 5. The summed E-state index contributed by atoms with van der Waals surface area (Å²) < 4.78 is 0. The van der Waals surface area contributed by atoms with Crippen LogP contribution in [-0.2, 0) is 0 Å². The molecule has 0 aromatic carbocycles. The van der Waals surface area contributed by atoms with Crippen molar-refractivity contribution in [1.29, 1.82) is 0 Å². The fourth-order valence-electron chi connectivity index (χ4n) is 2.50. The summed E-state index contributed by atoms with van der Waals surface area (Å²) in [5.41, 5.74) is 5.86. The smallest absolute Gasteiger partial charge is 0.135 e. The molecule has 1 atom stereocenters. The number of nitrogens with two attached hydrogens (primary N) is 1. The molecule has 1 saturated heterocycles. The molecule has 5 nitrogen and oxygen atoms in total. The number of hydrogen-bond donors (Lipinski definition) is 2. The second-order valence-electron chi connectivity index (χ2n) is 5.73. The lowest BCUT2D eigenvalue weighted by atomic mass is 9.92. The molecule has 106 valence electrons. The largest absolute Gasteiger partial charge is 0.393 e. The lowest BCUT2D eigenvalue weighted by Gasteiger charge is -2.34. The van der Waals surface area contributed by atoms with Crippen LogP contribution in [0.25, 0.3) is 0 Å². The first-order chi connectivity index (χ1) is 8.97. The first-order valence-electron chi connectivity index (χ1n) is 7.05. The van der Waals surface area contributed by atoms with Gasteiger partial charge in [0.15, 0.2) is 0 Å². The van der Waals surface area contributed by atoms with Crippen LogP contribution in [-0.4, -0.2) is 34.3 Å².